The zero-order valence-electron chi connectivity index (χ0n) is 17.0. The molecule has 1 aromatic carbocycles. The highest BCUT2D eigenvalue weighted by Gasteiger charge is 2.30. The van der Waals surface area contributed by atoms with Gasteiger partial charge in [-0.15, -0.1) is 0 Å². The van der Waals surface area contributed by atoms with Crippen molar-refractivity contribution in [3.8, 4) is 5.69 Å². The molecule has 1 saturated heterocycles. The Morgan fingerprint density at radius 2 is 2.00 bits per heavy atom. The van der Waals surface area contributed by atoms with Crippen LogP contribution in [0.4, 0.5) is 0 Å². The Kier molecular flexibility index (Phi) is 6.19. The molecule has 150 valence electrons. The zero-order chi connectivity index (χ0) is 20.3. The number of hydrogen-bond acceptors (Lipinski definition) is 3. The first kappa shape index (κ1) is 20.1. The van der Waals surface area contributed by atoms with Crippen LogP contribution in [-0.4, -0.2) is 47.5 Å². The lowest BCUT2D eigenvalue weighted by Gasteiger charge is -2.32. The predicted molar refractivity (Wildman–Crippen MR) is 111 cm³/mol. The molecule has 6 nitrogen and oxygen atoms in total. The Morgan fingerprint density at radius 3 is 2.71 bits per heavy atom. The van der Waals surface area contributed by atoms with Crippen molar-refractivity contribution < 1.29 is 9.59 Å². The van der Waals surface area contributed by atoms with Crippen molar-refractivity contribution in [1.82, 2.24) is 14.8 Å². The molecule has 1 atom stereocenters. The number of piperidine rings is 1. The number of likely N-dealkylation sites (tertiary alicyclic amines) is 1. The van der Waals surface area contributed by atoms with Gasteiger partial charge in [0.05, 0.1) is 11.5 Å². The number of aryl methyl sites for hydroxylation is 2. The van der Waals surface area contributed by atoms with Crippen LogP contribution in [0.25, 0.3) is 5.69 Å². The first-order valence-electron chi connectivity index (χ1n) is 9.95. The molecule has 1 unspecified atom stereocenters. The van der Waals surface area contributed by atoms with Crippen LogP contribution in [0.15, 0.2) is 30.3 Å². The van der Waals surface area contributed by atoms with Gasteiger partial charge in [-0.05, 0) is 57.4 Å². The molecule has 1 aromatic heterocycles. The fraction of sp³-hybridized carbons (Fsp3) is 0.455. The van der Waals surface area contributed by atoms with E-state index in [0.717, 1.165) is 29.9 Å². The number of amides is 2. The van der Waals surface area contributed by atoms with Gasteiger partial charge in [0.25, 0.3) is 5.91 Å². The van der Waals surface area contributed by atoms with E-state index in [1.165, 1.54) is 5.56 Å². The highest BCUT2D eigenvalue weighted by molar-refractivity contribution is 5.96. The van der Waals surface area contributed by atoms with E-state index in [9.17, 15) is 9.59 Å². The maximum atomic E-state index is 13.2. The van der Waals surface area contributed by atoms with E-state index in [1.807, 2.05) is 30.9 Å². The van der Waals surface area contributed by atoms with Gasteiger partial charge in [0.15, 0.2) is 0 Å². The molecule has 3 N–H and O–H groups in total. The van der Waals surface area contributed by atoms with Gasteiger partial charge in [-0.25, -0.2) is 0 Å². The minimum Gasteiger partial charge on any atom is -0.355 e. The molecule has 1 aliphatic rings. The van der Waals surface area contributed by atoms with Gasteiger partial charge in [0.1, 0.15) is 0 Å². The summed E-state index contributed by atoms with van der Waals surface area (Å²) < 4.78 is 2.12. The minimum atomic E-state index is -0.162. The Balaban J connectivity index is 1.81. The molecule has 6 heteroatoms. The number of aromatic nitrogens is 1. The molecular formula is C22H30N4O2. The Hall–Kier alpha value is -2.60. The van der Waals surface area contributed by atoms with Gasteiger partial charge in [-0.1, -0.05) is 12.1 Å². The predicted octanol–water partition coefficient (Wildman–Crippen LogP) is 2.33. The van der Waals surface area contributed by atoms with Crippen molar-refractivity contribution in [2.24, 2.45) is 11.7 Å². The Bertz CT molecular complexity index is 871. The first-order chi connectivity index (χ1) is 13.4. The lowest BCUT2D eigenvalue weighted by Crippen LogP contribution is -2.46. The van der Waals surface area contributed by atoms with Crippen LogP contribution in [-0.2, 0) is 4.79 Å². The minimum absolute atomic E-state index is 0.00308. The maximum absolute atomic E-state index is 13.2. The fourth-order valence-corrected chi connectivity index (χ4v) is 4.03. The Morgan fingerprint density at radius 1 is 1.21 bits per heavy atom. The molecule has 2 heterocycles. The van der Waals surface area contributed by atoms with Crippen LogP contribution in [0.5, 0.6) is 0 Å². The van der Waals surface area contributed by atoms with E-state index in [4.69, 9.17) is 5.73 Å². The van der Waals surface area contributed by atoms with Gasteiger partial charge in [0.2, 0.25) is 5.91 Å². The van der Waals surface area contributed by atoms with Crippen LogP contribution in [0.1, 0.15) is 40.2 Å². The summed E-state index contributed by atoms with van der Waals surface area (Å²) in [5, 5.41) is 2.85. The van der Waals surface area contributed by atoms with Gasteiger partial charge < -0.3 is 20.5 Å². The van der Waals surface area contributed by atoms with Crippen LogP contribution in [0.3, 0.4) is 0 Å². The summed E-state index contributed by atoms with van der Waals surface area (Å²) in [5.74, 6) is -0.166. The molecule has 2 aromatic rings. The number of nitrogens with two attached hydrogens (primary N) is 1. The molecular weight excluding hydrogens is 352 g/mol. The summed E-state index contributed by atoms with van der Waals surface area (Å²) in [6.07, 6.45) is 1.64. The van der Waals surface area contributed by atoms with Crippen LogP contribution in [0, 0.1) is 26.7 Å². The second kappa shape index (κ2) is 8.61. The van der Waals surface area contributed by atoms with E-state index in [-0.39, 0.29) is 17.7 Å². The third-order valence-corrected chi connectivity index (χ3v) is 5.44. The summed E-state index contributed by atoms with van der Waals surface area (Å²) >= 11 is 0. The van der Waals surface area contributed by atoms with Crippen molar-refractivity contribution in [2.45, 2.75) is 33.6 Å². The third-order valence-electron chi connectivity index (χ3n) is 5.44. The molecule has 0 aliphatic carbocycles. The van der Waals surface area contributed by atoms with Gasteiger partial charge in [-0.3, -0.25) is 9.59 Å². The molecule has 28 heavy (non-hydrogen) atoms. The summed E-state index contributed by atoms with van der Waals surface area (Å²) in [6.45, 7) is 8.11. The van der Waals surface area contributed by atoms with E-state index in [1.54, 1.807) is 0 Å². The number of rotatable bonds is 5. The van der Waals surface area contributed by atoms with Crippen molar-refractivity contribution >= 4 is 11.8 Å². The topological polar surface area (TPSA) is 80.4 Å². The van der Waals surface area contributed by atoms with Crippen LogP contribution < -0.4 is 11.1 Å². The van der Waals surface area contributed by atoms with Crippen molar-refractivity contribution in [3.05, 3.63) is 52.8 Å². The number of nitrogens with one attached hydrogen (secondary N) is 1. The third kappa shape index (κ3) is 4.12. The molecule has 0 spiro atoms. The summed E-state index contributed by atoms with van der Waals surface area (Å²) in [7, 11) is 0. The molecule has 0 radical (unpaired) electrons. The second-order valence-electron chi connectivity index (χ2n) is 7.63. The number of hydrogen-bond donors (Lipinski definition) is 2. The van der Waals surface area contributed by atoms with Gasteiger partial charge in [0, 0.05) is 43.3 Å². The second-order valence-corrected chi connectivity index (χ2v) is 7.63. The highest BCUT2D eigenvalue weighted by atomic mass is 16.2. The molecule has 0 bridgehead atoms. The largest absolute Gasteiger partial charge is 0.355 e. The summed E-state index contributed by atoms with van der Waals surface area (Å²) in [5.41, 5.74) is 10.4. The van der Waals surface area contributed by atoms with Crippen LogP contribution >= 0.6 is 0 Å². The van der Waals surface area contributed by atoms with Gasteiger partial charge in [-0.2, -0.15) is 0 Å². The Labute approximate surface area is 166 Å². The average Bonchev–Trinajstić information content (AvgIpc) is 2.99. The quantitative estimate of drug-likeness (QED) is 0.833. The lowest BCUT2D eigenvalue weighted by molar-refractivity contribution is -0.126. The molecule has 0 saturated carbocycles. The SMILES string of the molecule is Cc1cccc(-n2c(C)cc(C(=O)N3CCCC(C(=O)NCCN)C3)c2C)c1. The van der Waals surface area contributed by atoms with Crippen molar-refractivity contribution in [1.29, 1.82) is 0 Å². The maximum Gasteiger partial charge on any atom is 0.255 e. The van der Waals surface area contributed by atoms with Crippen LogP contribution in [0.2, 0.25) is 0 Å². The van der Waals surface area contributed by atoms with E-state index in [2.05, 4.69) is 35.0 Å². The lowest BCUT2D eigenvalue weighted by atomic mass is 9.96. The zero-order valence-corrected chi connectivity index (χ0v) is 17.0. The number of carbonyl (C=O) groups is 2. The van der Waals surface area contributed by atoms with Crippen molar-refractivity contribution in [3.63, 3.8) is 0 Å². The number of carbonyl (C=O) groups excluding carboxylic acids is 2. The molecule has 3 rings (SSSR count). The summed E-state index contributed by atoms with van der Waals surface area (Å²) in [4.78, 5) is 27.3. The summed E-state index contributed by atoms with van der Waals surface area (Å²) in [6, 6.07) is 10.2. The number of nitrogens with zero attached hydrogens (tertiary/aromatic N) is 2. The van der Waals surface area contributed by atoms with Crippen molar-refractivity contribution in [2.75, 3.05) is 26.2 Å². The molecule has 1 aliphatic heterocycles. The fourth-order valence-electron chi connectivity index (χ4n) is 4.03. The number of benzene rings is 1. The van der Waals surface area contributed by atoms with E-state index in [0.29, 0.717) is 31.7 Å². The smallest absolute Gasteiger partial charge is 0.255 e. The average molecular weight is 383 g/mol. The highest BCUT2D eigenvalue weighted by Crippen LogP contribution is 2.25. The van der Waals surface area contributed by atoms with E-state index >= 15 is 0 Å². The molecule has 2 amide bonds. The molecule has 1 fully saturated rings. The standard InChI is InChI=1S/C22H30N4O2/c1-15-6-4-8-19(12-15)26-16(2)13-20(17(26)3)22(28)25-11-5-7-18(14-25)21(27)24-10-9-23/h4,6,8,12-13,18H,5,7,9-11,14,23H2,1-3H3,(H,24,27). The normalized spacial score (nSPS) is 16.9. The monoisotopic (exact) mass is 382 g/mol. The first-order valence-corrected chi connectivity index (χ1v) is 9.95. The van der Waals surface area contributed by atoms with E-state index < -0.39 is 0 Å². The van der Waals surface area contributed by atoms with Gasteiger partial charge >= 0.3 is 0 Å².